The van der Waals surface area contributed by atoms with E-state index < -0.39 is 0 Å². The fourth-order valence-electron chi connectivity index (χ4n) is 2.09. The molecule has 2 fully saturated rings. The molecule has 2 heterocycles. The Morgan fingerprint density at radius 2 is 1.78 bits per heavy atom. The van der Waals surface area contributed by atoms with Gasteiger partial charge < -0.3 is 10.2 Å². The molecule has 0 aromatic heterocycles. The van der Waals surface area contributed by atoms with Crippen molar-refractivity contribution in [3.05, 3.63) is 7.05 Å². The molecule has 3 atom stereocenters. The van der Waals surface area contributed by atoms with Gasteiger partial charge in [-0.3, -0.25) is 0 Å². The number of quaternary nitrogens is 1. The molecule has 0 saturated carbocycles. The molecule has 9 heavy (non-hydrogen) atoms. The van der Waals surface area contributed by atoms with Crippen LogP contribution >= 0.6 is 0 Å². The summed E-state index contributed by atoms with van der Waals surface area (Å²) in [6, 6.07) is 0. The van der Waals surface area contributed by atoms with Crippen LogP contribution in [0.3, 0.4) is 0 Å². The largest absolute Gasteiger partial charge is 0.467 e. The van der Waals surface area contributed by atoms with Crippen molar-refractivity contribution >= 4 is 0 Å². The van der Waals surface area contributed by atoms with Crippen molar-refractivity contribution in [3.8, 4) is 0 Å². The van der Waals surface area contributed by atoms with E-state index in [1.54, 1.807) is 0 Å². The molecule has 2 aliphatic rings. The molecule has 2 rings (SSSR count). The molecule has 0 spiro atoms. The number of likely N-dealkylation sites (tertiary alicyclic amines) is 1. The van der Waals surface area contributed by atoms with E-state index in [2.05, 4.69) is 12.4 Å². The van der Waals surface area contributed by atoms with Gasteiger partial charge in [0.2, 0.25) is 0 Å². The Labute approximate surface area is 56.2 Å². The highest BCUT2D eigenvalue weighted by Crippen LogP contribution is 2.16. The molecule has 52 valence electrons. The molecule has 0 aromatic rings. The minimum absolute atomic E-state index is 0.942. The van der Waals surface area contributed by atoms with E-state index in [1.807, 2.05) is 0 Å². The van der Waals surface area contributed by atoms with E-state index in [0.29, 0.717) is 0 Å². The molecule has 0 radical (unpaired) electrons. The van der Waals surface area contributed by atoms with Crippen LogP contribution in [0.2, 0.25) is 0 Å². The van der Waals surface area contributed by atoms with Crippen LogP contribution in [0.4, 0.5) is 0 Å². The van der Waals surface area contributed by atoms with Gasteiger partial charge in [-0.1, -0.05) is 0 Å². The summed E-state index contributed by atoms with van der Waals surface area (Å²) >= 11 is 0. The summed E-state index contributed by atoms with van der Waals surface area (Å²) in [6.45, 7) is 5.06. The van der Waals surface area contributed by atoms with Crippen molar-refractivity contribution < 1.29 is 4.90 Å². The highest BCUT2D eigenvalue weighted by Gasteiger charge is 2.35. The fourth-order valence-corrected chi connectivity index (χ4v) is 2.09. The van der Waals surface area contributed by atoms with E-state index in [1.165, 1.54) is 31.1 Å². The molecule has 2 heteroatoms. The Balaban J connectivity index is 2.02. The second kappa shape index (κ2) is 1.96. The van der Waals surface area contributed by atoms with E-state index in [0.717, 1.165) is 11.8 Å². The lowest BCUT2D eigenvalue weighted by molar-refractivity contribution is -0.843. The normalized spacial score (nSPS) is 49.7. The van der Waals surface area contributed by atoms with Crippen molar-refractivity contribution in [2.45, 2.75) is 0 Å². The minimum Gasteiger partial charge on any atom is -0.467 e. The van der Waals surface area contributed by atoms with E-state index in [-0.39, 0.29) is 0 Å². The van der Waals surface area contributed by atoms with Gasteiger partial charge in [0.25, 0.3) is 0 Å². The number of hydrogen-bond acceptors (Lipinski definition) is 1. The van der Waals surface area contributed by atoms with Gasteiger partial charge in [-0.05, 0) is 0 Å². The Morgan fingerprint density at radius 1 is 1.22 bits per heavy atom. The molecule has 2 saturated heterocycles. The molecule has 2 nitrogen and oxygen atoms in total. The predicted molar refractivity (Wildman–Crippen MR) is 35.9 cm³/mol. The maximum absolute atomic E-state index is 4.01. The monoisotopic (exact) mass is 126 g/mol. The van der Waals surface area contributed by atoms with E-state index >= 15 is 0 Å². The zero-order valence-corrected chi connectivity index (χ0v) is 5.69. The molecule has 2 N–H and O–H groups in total. The van der Waals surface area contributed by atoms with Gasteiger partial charge in [-0.25, -0.2) is 0 Å². The average Bonchev–Trinajstić information content (AvgIpc) is 2.22. The van der Waals surface area contributed by atoms with Crippen molar-refractivity contribution in [1.82, 2.24) is 5.32 Å². The lowest BCUT2D eigenvalue weighted by atomic mass is 10.0. The van der Waals surface area contributed by atoms with Crippen LogP contribution in [0, 0.1) is 18.9 Å². The first-order valence-electron chi connectivity index (χ1n) is 3.73. The smallest absolute Gasteiger partial charge is 0.0576 e. The van der Waals surface area contributed by atoms with Crippen LogP contribution in [0.25, 0.3) is 0 Å². The minimum atomic E-state index is 0.942. The maximum atomic E-state index is 4.01. The molecule has 0 aromatic carbocycles. The third kappa shape index (κ3) is 0.864. The Hall–Kier alpha value is -0.0800. The predicted octanol–water partition coefficient (Wildman–Crippen LogP) is -1.49. The number of hydrogen-bond donors (Lipinski definition) is 2. The zero-order valence-electron chi connectivity index (χ0n) is 5.69. The van der Waals surface area contributed by atoms with Gasteiger partial charge >= 0.3 is 0 Å². The van der Waals surface area contributed by atoms with Crippen LogP contribution in [-0.4, -0.2) is 26.2 Å². The van der Waals surface area contributed by atoms with Gasteiger partial charge in [0.1, 0.15) is 0 Å². The Bertz CT molecular complexity index is 101. The summed E-state index contributed by atoms with van der Waals surface area (Å²) in [5.41, 5.74) is 0. The van der Waals surface area contributed by atoms with Crippen LogP contribution in [-0.2, 0) is 0 Å². The third-order valence-corrected chi connectivity index (χ3v) is 2.58. The fraction of sp³-hybridized carbons (Fsp3) is 0.857. The molecule has 0 bridgehead atoms. The summed E-state index contributed by atoms with van der Waals surface area (Å²) in [5.74, 6) is 1.88. The lowest BCUT2D eigenvalue weighted by Crippen LogP contribution is -3.05. The van der Waals surface area contributed by atoms with Crippen molar-refractivity contribution in [2.75, 3.05) is 26.2 Å². The van der Waals surface area contributed by atoms with Crippen LogP contribution in [0.15, 0.2) is 0 Å². The number of fused-ring (bicyclic) bond motifs is 1. The molecule has 0 aliphatic carbocycles. The van der Waals surface area contributed by atoms with Gasteiger partial charge in [0, 0.05) is 24.9 Å². The third-order valence-electron chi connectivity index (χ3n) is 2.58. The topological polar surface area (TPSA) is 16.5 Å². The molecular weight excluding hydrogens is 112 g/mol. The number of rotatable bonds is 0. The summed E-state index contributed by atoms with van der Waals surface area (Å²) in [5, 5.41) is 3.40. The first-order chi connectivity index (χ1) is 4.36. The van der Waals surface area contributed by atoms with Gasteiger partial charge in [0.15, 0.2) is 0 Å². The highest BCUT2D eigenvalue weighted by atomic mass is 15.2. The van der Waals surface area contributed by atoms with E-state index in [4.69, 9.17) is 0 Å². The average molecular weight is 126 g/mol. The number of nitrogens with one attached hydrogen (secondary N) is 2. The van der Waals surface area contributed by atoms with Crippen molar-refractivity contribution in [2.24, 2.45) is 11.8 Å². The Kier molecular flexibility index (Phi) is 1.24. The summed E-state index contributed by atoms with van der Waals surface area (Å²) in [6.07, 6.45) is 0. The quantitative estimate of drug-likeness (QED) is 0.378. The van der Waals surface area contributed by atoms with Crippen molar-refractivity contribution in [1.29, 1.82) is 0 Å². The summed E-state index contributed by atoms with van der Waals surface area (Å²) in [7, 11) is 4.01. The van der Waals surface area contributed by atoms with Crippen molar-refractivity contribution in [3.63, 3.8) is 0 Å². The molecule has 0 amide bonds. The van der Waals surface area contributed by atoms with Crippen LogP contribution in [0.1, 0.15) is 0 Å². The second-order valence-electron chi connectivity index (χ2n) is 3.34. The first kappa shape index (κ1) is 5.69. The highest BCUT2D eigenvalue weighted by molar-refractivity contribution is 4.83. The van der Waals surface area contributed by atoms with Crippen LogP contribution in [0.5, 0.6) is 0 Å². The van der Waals surface area contributed by atoms with E-state index in [9.17, 15) is 0 Å². The van der Waals surface area contributed by atoms with Crippen LogP contribution < -0.4 is 10.2 Å². The van der Waals surface area contributed by atoms with Gasteiger partial charge in [0.05, 0.1) is 13.1 Å². The summed E-state index contributed by atoms with van der Waals surface area (Å²) in [4.78, 5) is 1.48. The Morgan fingerprint density at radius 3 is 2.33 bits per heavy atom. The second-order valence-corrected chi connectivity index (χ2v) is 3.34. The SMILES string of the molecule is [CH2-][NH+]1C[C@H]2CNC[C@H]2C1. The first-order valence-corrected chi connectivity index (χ1v) is 3.73. The maximum Gasteiger partial charge on any atom is 0.0576 e. The van der Waals surface area contributed by atoms with Gasteiger partial charge in [-0.2, -0.15) is 7.05 Å². The zero-order chi connectivity index (χ0) is 6.27. The van der Waals surface area contributed by atoms with Gasteiger partial charge in [-0.15, -0.1) is 0 Å². The molecule has 1 unspecified atom stereocenters. The lowest BCUT2D eigenvalue weighted by Gasteiger charge is -2.13. The standard InChI is InChI=1S/C7H14N2/c1-9-4-6-2-8-3-7(6)5-9/h6-9H,1-5H2/t6-,7+. The molecular formula is C7H14N2. The molecule has 2 aliphatic heterocycles. The summed E-state index contributed by atoms with van der Waals surface area (Å²) < 4.78 is 0.